The molecule has 1 rings (SSSR count). The summed E-state index contributed by atoms with van der Waals surface area (Å²) in [6, 6.07) is 0. The minimum absolute atomic E-state index is 0.0971. The van der Waals surface area contributed by atoms with Gasteiger partial charge in [0.25, 0.3) is 0 Å². The largest absolute Gasteiger partial charge is 0.321 e. The molecule has 0 bridgehead atoms. The van der Waals surface area contributed by atoms with Gasteiger partial charge in [-0.15, -0.1) is 0 Å². The molecule has 2 atom stereocenters. The van der Waals surface area contributed by atoms with Gasteiger partial charge in [-0.3, -0.25) is 0 Å². The maximum atomic E-state index is 6.24. The van der Waals surface area contributed by atoms with Gasteiger partial charge < -0.3 is 5.73 Å². The van der Waals surface area contributed by atoms with Crippen molar-refractivity contribution >= 4 is 0 Å². The van der Waals surface area contributed by atoms with Crippen LogP contribution in [0.5, 0.6) is 0 Å². The van der Waals surface area contributed by atoms with Crippen molar-refractivity contribution in [3.63, 3.8) is 0 Å². The highest BCUT2D eigenvalue weighted by Gasteiger charge is 2.30. The Bertz CT molecular complexity index is 215. The standard InChI is InChI=1S/C11H19N/c1-4-10-7-6-8-11(12,5-2)9(10)3/h6-9H,4-5,12H2,1-3H3. The average Bonchev–Trinajstić information content (AvgIpc) is 2.10. The topological polar surface area (TPSA) is 26.0 Å². The normalized spacial score (nSPS) is 35.0. The molecule has 0 amide bonds. The van der Waals surface area contributed by atoms with Crippen molar-refractivity contribution in [2.75, 3.05) is 0 Å². The van der Waals surface area contributed by atoms with Gasteiger partial charge in [-0.25, -0.2) is 0 Å². The fourth-order valence-corrected chi connectivity index (χ4v) is 1.83. The lowest BCUT2D eigenvalue weighted by atomic mass is 9.75. The van der Waals surface area contributed by atoms with Crippen LogP contribution in [0.25, 0.3) is 0 Å². The minimum atomic E-state index is -0.0971. The molecule has 1 nitrogen and oxygen atoms in total. The second-order valence-corrected chi connectivity index (χ2v) is 3.64. The maximum absolute atomic E-state index is 6.24. The van der Waals surface area contributed by atoms with Crippen LogP contribution in [0.4, 0.5) is 0 Å². The van der Waals surface area contributed by atoms with Crippen molar-refractivity contribution in [1.82, 2.24) is 0 Å². The molecule has 0 aliphatic heterocycles. The predicted molar refractivity (Wildman–Crippen MR) is 53.9 cm³/mol. The van der Waals surface area contributed by atoms with Gasteiger partial charge in [0.2, 0.25) is 0 Å². The molecule has 2 unspecified atom stereocenters. The van der Waals surface area contributed by atoms with Gasteiger partial charge in [-0.1, -0.05) is 44.6 Å². The summed E-state index contributed by atoms with van der Waals surface area (Å²) in [6.07, 6.45) is 8.57. The van der Waals surface area contributed by atoms with Crippen LogP contribution in [-0.2, 0) is 0 Å². The van der Waals surface area contributed by atoms with E-state index in [4.69, 9.17) is 5.73 Å². The van der Waals surface area contributed by atoms with E-state index in [1.54, 1.807) is 0 Å². The number of allylic oxidation sites excluding steroid dienone is 2. The summed E-state index contributed by atoms with van der Waals surface area (Å²) >= 11 is 0. The summed E-state index contributed by atoms with van der Waals surface area (Å²) in [7, 11) is 0. The monoisotopic (exact) mass is 165 g/mol. The molecule has 1 heteroatoms. The minimum Gasteiger partial charge on any atom is -0.321 e. The van der Waals surface area contributed by atoms with Crippen molar-refractivity contribution in [1.29, 1.82) is 0 Å². The molecule has 2 N–H and O–H groups in total. The Morgan fingerprint density at radius 3 is 2.67 bits per heavy atom. The van der Waals surface area contributed by atoms with Crippen LogP contribution in [0.1, 0.15) is 33.6 Å². The summed E-state index contributed by atoms with van der Waals surface area (Å²) < 4.78 is 0. The lowest BCUT2D eigenvalue weighted by Crippen LogP contribution is -2.45. The molecule has 12 heavy (non-hydrogen) atoms. The van der Waals surface area contributed by atoms with Gasteiger partial charge >= 0.3 is 0 Å². The Morgan fingerprint density at radius 2 is 2.17 bits per heavy atom. The smallest absolute Gasteiger partial charge is 0.0403 e. The average molecular weight is 165 g/mol. The van der Waals surface area contributed by atoms with Crippen LogP contribution in [0.3, 0.4) is 0 Å². The first kappa shape index (κ1) is 9.53. The summed E-state index contributed by atoms with van der Waals surface area (Å²) in [4.78, 5) is 0. The number of nitrogens with two attached hydrogens (primary N) is 1. The molecule has 0 aromatic rings. The van der Waals surface area contributed by atoms with Gasteiger partial charge in [0.15, 0.2) is 0 Å². The Kier molecular flexibility index (Phi) is 2.73. The van der Waals surface area contributed by atoms with E-state index in [0.717, 1.165) is 12.8 Å². The SMILES string of the molecule is CCC1=CC=CC(N)(CC)C1C. The van der Waals surface area contributed by atoms with Crippen molar-refractivity contribution in [3.8, 4) is 0 Å². The molecular weight excluding hydrogens is 146 g/mol. The molecule has 1 aliphatic rings. The summed E-state index contributed by atoms with van der Waals surface area (Å²) in [5.74, 6) is 0.498. The Labute approximate surface area is 75.3 Å². The number of rotatable bonds is 2. The molecular formula is C11H19N. The van der Waals surface area contributed by atoms with E-state index >= 15 is 0 Å². The Morgan fingerprint density at radius 1 is 1.50 bits per heavy atom. The number of hydrogen-bond acceptors (Lipinski definition) is 1. The molecule has 0 saturated heterocycles. The van der Waals surface area contributed by atoms with Crippen molar-refractivity contribution < 1.29 is 0 Å². The lowest BCUT2D eigenvalue weighted by Gasteiger charge is -2.35. The van der Waals surface area contributed by atoms with Gasteiger partial charge in [-0.05, 0) is 18.8 Å². The molecule has 0 spiro atoms. The predicted octanol–water partition coefficient (Wildman–Crippen LogP) is 2.64. The van der Waals surface area contributed by atoms with E-state index in [0.29, 0.717) is 5.92 Å². The fourth-order valence-electron chi connectivity index (χ4n) is 1.83. The van der Waals surface area contributed by atoms with Gasteiger partial charge in [0, 0.05) is 5.54 Å². The van der Waals surface area contributed by atoms with Crippen molar-refractivity contribution in [3.05, 3.63) is 23.8 Å². The summed E-state index contributed by atoms with van der Waals surface area (Å²) in [5, 5.41) is 0. The number of hydrogen-bond donors (Lipinski definition) is 1. The zero-order valence-electron chi connectivity index (χ0n) is 8.30. The molecule has 0 heterocycles. The molecule has 1 aliphatic carbocycles. The third kappa shape index (κ3) is 1.46. The van der Waals surface area contributed by atoms with Crippen LogP contribution in [0, 0.1) is 5.92 Å². The third-order valence-electron chi connectivity index (χ3n) is 3.10. The zero-order chi connectivity index (χ0) is 9.19. The highest BCUT2D eigenvalue weighted by molar-refractivity contribution is 5.29. The second-order valence-electron chi connectivity index (χ2n) is 3.64. The van der Waals surface area contributed by atoms with E-state index in [-0.39, 0.29) is 5.54 Å². The zero-order valence-corrected chi connectivity index (χ0v) is 8.30. The van der Waals surface area contributed by atoms with E-state index in [2.05, 4.69) is 39.0 Å². The van der Waals surface area contributed by atoms with Crippen LogP contribution >= 0.6 is 0 Å². The first-order chi connectivity index (χ1) is 5.64. The van der Waals surface area contributed by atoms with Crippen LogP contribution in [0.15, 0.2) is 23.8 Å². The third-order valence-corrected chi connectivity index (χ3v) is 3.10. The van der Waals surface area contributed by atoms with E-state index in [1.807, 2.05) is 0 Å². The van der Waals surface area contributed by atoms with Crippen LogP contribution < -0.4 is 5.73 Å². The summed E-state index contributed by atoms with van der Waals surface area (Å²) in [5.41, 5.74) is 7.62. The molecule has 0 aromatic heterocycles. The quantitative estimate of drug-likeness (QED) is 0.668. The highest BCUT2D eigenvalue weighted by atomic mass is 14.7. The lowest BCUT2D eigenvalue weighted by molar-refractivity contribution is 0.380. The Hall–Kier alpha value is -0.560. The van der Waals surface area contributed by atoms with Crippen LogP contribution in [-0.4, -0.2) is 5.54 Å². The van der Waals surface area contributed by atoms with E-state index in [9.17, 15) is 0 Å². The Balaban J connectivity index is 2.87. The van der Waals surface area contributed by atoms with Gasteiger partial charge in [-0.2, -0.15) is 0 Å². The van der Waals surface area contributed by atoms with E-state index < -0.39 is 0 Å². The molecule has 0 radical (unpaired) electrons. The second kappa shape index (κ2) is 3.44. The van der Waals surface area contributed by atoms with Gasteiger partial charge in [0.05, 0.1) is 0 Å². The molecule has 68 valence electrons. The molecule has 0 aromatic carbocycles. The van der Waals surface area contributed by atoms with Crippen molar-refractivity contribution in [2.24, 2.45) is 11.7 Å². The fraction of sp³-hybridized carbons (Fsp3) is 0.636. The highest BCUT2D eigenvalue weighted by Crippen LogP contribution is 2.31. The van der Waals surface area contributed by atoms with E-state index in [1.165, 1.54) is 5.57 Å². The first-order valence-corrected chi connectivity index (χ1v) is 4.81. The molecule has 0 fully saturated rings. The molecule has 0 saturated carbocycles. The van der Waals surface area contributed by atoms with Gasteiger partial charge in [0.1, 0.15) is 0 Å². The van der Waals surface area contributed by atoms with Crippen LogP contribution in [0.2, 0.25) is 0 Å². The summed E-state index contributed by atoms with van der Waals surface area (Å²) in [6.45, 7) is 6.57. The first-order valence-electron chi connectivity index (χ1n) is 4.81. The van der Waals surface area contributed by atoms with Crippen molar-refractivity contribution in [2.45, 2.75) is 39.2 Å². The maximum Gasteiger partial charge on any atom is 0.0403 e.